The van der Waals surface area contributed by atoms with Gasteiger partial charge in [-0.15, -0.1) is 0 Å². The number of benzene rings is 2. The molecule has 7 heteroatoms. The van der Waals surface area contributed by atoms with E-state index in [4.69, 9.17) is 0 Å². The molecule has 0 aliphatic carbocycles. The lowest BCUT2D eigenvalue weighted by Crippen LogP contribution is -2.30. The number of carbonyl (C=O) groups is 3. The molecule has 2 saturated heterocycles. The van der Waals surface area contributed by atoms with Gasteiger partial charge in [0.15, 0.2) is 0 Å². The van der Waals surface area contributed by atoms with Crippen LogP contribution in [0, 0.1) is 0 Å². The van der Waals surface area contributed by atoms with Crippen LogP contribution < -0.4 is 15.5 Å². The number of hydrogen-bond donors (Lipinski definition) is 2. The first-order valence-electron chi connectivity index (χ1n) is 10.4. The summed E-state index contributed by atoms with van der Waals surface area (Å²) in [5.74, 6) is 0.283. The van der Waals surface area contributed by atoms with Crippen LogP contribution >= 0.6 is 0 Å². The van der Waals surface area contributed by atoms with Gasteiger partial charge in [-0.25, -0.2) is 4.79 Å². The second kappa shape index (κ2) is 8.98. The summed E-state index contributed by atoms with van der Waals surface area (Å²) < 4.78 is 0. The molecular weight excluding hydrogens is 380 g/mol. The third kappa shape index (κ3) is 4.62. The van der Waals surface area contributed by atoms with Crippen molar-refractivity contribution in [3.05, 3.63) is 59.7 Å². The Morgan fingerprint density at radius 3 is 2.43 bits per heavy atom. The lowest BCUT2D eigenvalue weighted by molar-refractivity contribution is -0.128. The number of likely N-dealkylation sites (tertiary alicyclic amines) is 1. The molecule has 2 aliphatic rings. The van der Waals surface area contributed by atoms with E-state index < -0.39 is 0 Å². The molecule has 0 unspecified atom stereocenters. The third-order valence-electron chi connectivity index (χ3n) is 5.51. The number of amides is 4. The number of hydrogen-bond acceptors (Lipinski definition) is 3. The van der Waals surface area contributed by atoms with E-state index in [2.05, 4.69) is 10.6 Å². The molecule has 7 nitrogen and oxygen atoms in total. The van der Waals surface area contributed by atoms with Crippen LogP contribution in [0.4, 0.5) is 16.2 Å². The molecular formula is C23H26N4O3. The van der Waals surface area contributed by atoms with Gasteiger partial charge in [0, 0.05) is 39.0 Å². The van der Waals surface area contributed by atoms with Crippen molar-refractivity contribution in [2.24, 2.45) is 0 Å². The number of rotatable bonds is 6. The minimum Gasteiger partial charge on any atom is -0.338 e. The minimum atomic E-state index is -0.325. The molecule has 2 heterocycles. The van der Waals surface area contributed by atoms with E-state index in [1.54, 1.807) is 11.0 Å². The van der Waals surface area contributed by atoms with E-state index in [1.807, 2.05) is 47.4 Å². The number of urea groups is 1. The average Bonchev–Trinajstić information content (AvgIpc) is 3.35. The lowest BCUT2D eigenvalue weighted by atomic mass is 10.1. The molecule has 0 aromatic heterocycles. The molecule has 2 aliphatic heterocycles. The molecule has 4 amide bonds. The number of anilines is 2. The van der Waals surface area contributed by atoms with E-state index in [0.29, 0.717) is 38.2 Å². The fraction of sp³-hybridized carbons (Fsp3) is 0.348. The molecule has 2 aromatic carbocycles. The minimum absolute atomic E-state index is 0.0814. The molecule has 0 bridgehead atoms. The van der Waals surface area contributed by atoms with Crippen LogP contribution in [0.3, 0.4) is 0 Å². The van der Waals surface area contributed by atoms with Gasteiger partial charge in [-0.05, 0) is 36.1 Å². The van der Waals surface area contributed by atoms with E-state index in [9.17, 15) is 14.4 Å². The molecule has 4 rings (SSSR count). The van der Waals surface area contributed by atoms with Gasteiger partial charge in [-0.1, -0.05) is 36.4 Å². The van der Waals surface area contributed by atoms with Crippen LogP contribution in [0.1, 0.15) is 36.8 Å². The predicted octanol–water partition coefficient (Wildman–Crippen LogP) is 3.26. The Kier molecular flexibility index (Phi) is 5.97. The predicted molar refractivity (Wildman–Crippen MR) is 115 cm³/mol. The molecule has 0 saturated carbocycles. The van der Waals surface area contributed by atoms with E-state index in [-0.39, 0.29) is 17.8 Å². The Hall–Kier alpha value is -3.35. The highest BCUT2D eigenvalue weighted by Gasteiger charge is 2.24. The molecule has 156 valence electrons. The van der Waals surface area contributed by atoms with Crippen LogP contribution in [0.15, 0.2) is 48.5 Å². The summed E-state index contributed by atoms with van der Waals surface area (Å²) in [7, 11) is 0. The zero-order chi connectivity index (χ0) is 20.9. The fourth-order valence-corrected chi connectivity index (χ4v) is 4.00. The summed E-state index contributed by atoms with van der Waals surface area (Å²) in [5.41, 5.74) is 3.37. The number of para-hydroxylation sites is 2. The Morgan fingerprint density at radius 1 is 0.900 bits per heavy atom. The summed E-state index contributed by atoms with van der Waals surface area (Å²) in [6.07, 6.45) is 2.93. The summed E-state index contributed by atoms with van der Waals surface area (Å²) >= 11 is 0. The van der Waals surface area contributed by atoms with Crippen molar-refractivity contribution in [1.82, 2.24) is 10.2 Å². The number of nitrogens with one attached hydrogen (secondary N) is 2. The number of carbonyl (C=O) groups excluding carboxylic acids is 3. The highest BCUT2D eigenvalue weighted by Crippen LogP contribution is 2.29. The van der Waals surface area contributed by atoms with Crippen molar-refractivity contribution in [2.75, 3.05) is 23.3 Å². The topological polar surface area (TPSA) is 81.8 Å². The van der Waals surface area contributed by atoms with Gasteiger partial charge in [-0.3, -0.25) is 9.59 Å². The van der Waals surface area contributed by atoms with Crippen molar-refractivity contribution in [3.8, 4) is 0 Å². The smallest absolute Gasteiger partial charge is 0.319 e. The average molecular weight is 406 g/mol. The summed E-state index contributed by atoms with van der Waals surface area (Å²) in [4.78, 5) is 40.0. The first-order chi connectivity index (χ1) is 14.6. The maximum atomic E-state index is 12.5. The molecule has 0 atom stereocenters. The van der Waals surface area contributed by atoms with Gasteiger partial charge in [0.1, 0.15) is 0 Å². The first kappa shape index (κ1) is 19.9. The van der Waals surface area contributed by atoms with Crippen molar-refractivity contribution >= 4 is 29.2 Å². The zero-order valence-electron chi connectivity index (χ0n) is 16.9. The Bertz CT molecular complexity index is 959. The lowest BCUT2D eigenvalue weighted by Gasteiger charge is -2.20. The summed E-state index contributed by atoms with van der Waals surface area (Å²) in [6.45, 7) is 2.46. The second-order valence-electron chi connectivity index (χ2n) is 7.71. The Morgan fingerprint density at radius 2 is 1.67 bits per heavy atom. The van der Waals surface area contributed by atoms with E-state index in [0.717, 1.165) is 36.2 Å². The fourth-order valence-electron chi connectivity index (χ4n) is 4.00. The van der Waals surface area contributed by atoms with Gasteiger partial charge >= 0.3 is 6.03 Å². The van der Waals surface area contributed by atoms with Crippen LogP contribution in [-0.2, 0) is 22.7 Å². The zero-order valence-corrected chi connectivity index (χ0v) is 16.9. The van der Waals surface area contributed by atoms with E-state index >= 15 is 0 Å². The quantitative estimate of drug-likeness (QED) is 0.773. The van der Waals surface area contributed by atoms with E-state index in [1.165, 1.54) is 0 Å². The molecule has 2 fully saturated rings. The molecule has 0 spiro atoms. The second-order valence-corrected chi connectivity index (χ2v) is 7.71. The molecule has 2 N–H and O–H groups in total. The number of nitrogens with zero attached hydrogens (tertiary/aromatic N) is 2. The maximum absolute atomic E-state index is 12.5. The van der Waals surface area contributed by atoms with Gasteiger partial charge in [0.25, 0.3) is 0 Å². The Balaban J connectivity index is 1.35. The van der Waals surface area contributed by atoms with Crippen LogP contribution in [0.5, 0.6) is 0 Å². The van der Waals surface area contributed by atoms with Crippen molar-refractivity contribution in [2.45, 2.75) is 38.8 Å². The largest absolute Gasteiger partial charge is 0.338 e. The third-order valence-corrected chi connectivity index (χ3v) is 5.51. The Labute approximate surface area is 176 Å². The maximum Gasteiger partial charge on any atom is 0.319 e. The van der Waals surface area contributed by atoms with Gasteiger partial charge in [-0.2, -0.15) is 0 Å². The summed E-state index contributed by atoms with van der Waals surface area (Å²) in [6, 6.07) is 14.9. The van der Waals surface area contributed by atoms with Crippen molar-refractivity contribution < 1.29 is 14.4 Å². The standard InChI is InChI=1S/C23H26N4O3/c28-21-10-4-12-26(21)16-18-7-3-6-17(14-18)15-24-23(30)25-19-8-1-2-9-20(19)27-13-5-11-22(27)29/h1-3,6-9,14H,4-5,10-13,15-16H2,(H2,24,25,30). The van der Waals surface area contributed by atoms with Crippen molar-refractivity contribution in [3.63, 3.8) is 0 Å². The monoisotopic (exact) mass is 406 g/mol. The van der Waals surface area contributed by atoms with Gasteiger partial charge < -0.3 is 20.4 Å². The molecule has 0 radical (unpaired) electrons. The normalized spacial score (nSPS) is 16.3. The van der Waals surface area contributed by atoms with Crippen LogP contribution in [0.2, 0.25) is 0 Å². The SMILES string of the molecule is O=C(NCc1cccc(CN2CCCC2=O)c1)Nc1ccccc1N1CCCC1=O. The van der Waals surface area contributed by atoms with Crippen LogP contribution in [0.25, 0.3) is 0 Å². The highest BCUT2D eigenvalue weighted by molar-refractivity contribution is 6.01. The summed E-state index contributed by atoms with van der Waals surface area (Å²) in [5, 5.41) is 5.73. The molecule has 30 heavy (non-hydrogen) atoms. The molecule has 2 aromatic rings. The van der Waals surface area contributed by atoms with Gasteiger partial charge in [0.05, 0.1) is 11.4 Å². The van der Waals surface area contributed by atoms with Crippen LogP contribution in [-0.4, -0.2) is 35.8 Å². The first-order valence-corrected chi connectivity index (χ1v) is 10.4. The highest BCUT2D eigenvalue weighted by atomic mass is 16.2. The van der Waals surface area contributed by atoms with Gasteiger partial charge in [0.2, 0.25) is 11.8 Å². The van der Waals surface area contributed by atoms with Crippen molar-refractivity contribution in [1.29, 1.82) is 0 Å².